The lowest BCUT2D eigenvalue weighted by Gasteiger charge is -2.08. The normalized spacial score (nSPS) is 11.7. The Bertz CT molecular complexity index is 989. The smallest absolute Gasteiger partial charge is 0.176 e. The first-order valence-corrected chi connectivity index (χ1v) is 8.49. The summed E-state index contributed by atoms with van der Waals surface area (Å²) in [5.41, 5.74) is 7.96. The maximum absolute atomic E-state index is 11.9. The molecule has 22 heavy (non-hydrogen) atoms. The van der Waals surface area contributed by atoms with Crippen molar-refractivity contribution in [1.82, 2.24) is 15.0 Å². The van der Waals surface area contributed by atoms with Crippen molar-refractivity contribution in [2.75, 3.05) is 12.0 Å². The van der Waals surface area contributed by atoms with Crippen LogP contribution in [0.5, 0.6) is 0 Å². The molecule has 0 aliphatic carbocycles. The topological polar surface area (TPSA) is 98.8 Å². The minimum atomic E-state index is -3.41. The van der Waals surface area contributed by atoms with Crippen molar-refractivity contribution in [3.63, 3.8) is 0 Å². The van der Waals surface area contributed by atoms with Gasteiger partial charge in [0.25, 0.3) is 0 Å². The number of fused-ring (bicyclic) bond motifs is 1. The van der Waals surface area contributed by atoms with Gasteiger partial charge in [0.2, 0.25) is 0 Å². The second kappa shape index (κ2) is 5.19. The van der Waals surface area contributed by atoms with Crippen molar-refractivity contribution in [3.8, 4) is 11.3 Å². The molecule has 2 heterocycles. The van der Waals surface area contributed by atoms with E-state index in [1.807, 2.05) is 0 Å². The highest BCUT2D eigenvalue weighted by atomic mass is 35.5. The number of pyridine rings is 1. The molecule has 6 nitrogen and oxygen atoms in total. The van der Waals surface area contributed by atoms with Crippen molar-refractivity contribution in [3.05, 3.63) is 41.8 Å². The maximum Gasteiger partial charge on any atom is 0.176 e. The van der Waals surface area contributed by atoms with E-state index < -0.39 is 9.84 Å². The minimum Gasteiger partial charge on any atom is -0.399 e. The molecule has 0 bridgehead atoms. The zero-order chi connectivity index (χ0) is 15.9. The van der Waals surface area contributed by atoms with Crippen LogP contribution in [0.3, 0.4) is 0 Å². The Morgan fingerprint density at radius 1 is 1.23 bits per heavy atom. The van der Waals surface area contributed by atoms with Crippen LogP contribution in [-0.2, 0) is 9.84 Å². The van der Waals surface area contributed by atoms with E-state index in [1.54, 1.807) is 12.1 Å². The van der Waals surface area contributed by atoms with Crippen molar-refractivity contribution in [2.45, 2.75) is 4.90 Å². The van der Waals surface area contributed by atoms with E-state index in [2.05, 4.69) is 15.0 Å². The van der Waals surface area contributed by atoms with Crippen LogP contribution in [0.1, 0.15) is 0 Å². The molecule has 2 aromatic heterocycles. The van der Waals surface area contributed by atoms with Crippen LogP contribution >= 0.6 is 11.6 Å². The number of halogens is 1. The number of rotatable bonds is 2. The van der Waals surface area contributed by atoms with Crippen molar-refractivity contribution < 1.29 is 8.42 Å². The van der Waals surface area contributed by atoms with Gasteiger partial charge in [-0.25, -0.2) is 13.4 Å². The monoisotopic (exact) mass is 334 g/mol. The molecule has 0 atom stereocenters. The van der Waals surface area contributed by atoms with Gasteiger partial charge in [-0.1, -0.05) is 11.6 Å². The number of sulfone groups is 1. The molecule has 1 aromatic carbocycles. The van der Waals surface area contributed by atoms with Gasteiger partial charge in [0.1, 0.15) is 5.52 Å². The quantitative estimate of drug-likeness (QED) is 0.722. The molecule has 112 valence electrons. The van der Waals surface area contributed by atoms with E-state index in [0.717, 1.165) is 6.26 Å². The summed E-state index contributed by atoms with van der Waals surface area (Å²) in [6.45, 7) is 0. The van der Waals surface area contributed by atoms with Crippen molar-refractivity contribution in [1.29, 1.82) is 0 Å². The molecule has 3 rings (SSSR count). The van der Waals surface area contributed by atoms with Gasteiger partial charge in [-0.05, 0) is 18.2 Å². The highest BCUT2D eigenvalue weighted by Crippen LogP contribution is 2.29. The van der Waals surface area contributed by atoms with Gasteiger partial charge >= 0.3 is 0 Å². The number of hydrogen-bond donors (Lipinski definition) is 1. The number of benzene rings is 1. The van der Waals surface area contributed by atoms with Gasteiger partial charge in [-0.15, -0.1) is 0 Å². The molecule has 0 spiro atoms. The van der Waals surface area contributed by atoms with Gasteiger partial charge in [-0.2, -0.15) is 0 Å². The molecule has 0 amide bonds. The van der Waals surface area contributed by atoms with Crippen LogP contribution in [0.4, 0.5) is 5.69 Å². The first-order chi connectivity index (χ1) is 10.4. The Kier molecular flexibility index (Phi) is 3.46. The average molecular weight is 335 g/mol. The van der Waals surface area contributed by atoms with Crippen LogP contribution in [0.2, 0.25) is 5.02 Å². The molecule has 0 unspecified atom stereocenters. The molecule has 0 saturated carbocycles. The first-order valence-electron chi connectivity index (χ1n) is 6.22. The molecule has 8 heteroatoms. The number of anilines is 1. The summed E-state index contributed by atoms with van der Waals surface area (Å²) >= 11 is 6.14. The second-order valence-electron chi connectivity index (χ2n) is 4.77. The fraction of sp³-hybridized carbons (Fsp3) is 0.0714. The maximum atomic E-state index is 11.9. The number of nitrogen functional groups attached to an aromatic ring is 1. The predicted molar refractivity (Wildman–Crippen MR) is 85.3 cm³/mol. The zero-order valence-corrected chi connectivity index (χ0v) is 13.1. The second-order valence-corrected chi connectivity index (χ2v) is 7.16. The standard InChI is InChI=1S/C14H11ClN4O2S/c1-22(20,21)13-2-3-17-6-9(13)12-7-18-11-5-8(16)4-10(15)14(11)19-12/h2-7H,16H2,1H3. The summed E-state index contributed by atoms with van der Waals surface area (Å²) in [4.78, 5) is 12.8. The molecule has 0 aliphatic rings. The van der Waals surface area contributed by atoms with Crippen LogP contribution in [0, 0.1) is 0 Å². The van der Waals surface area contributed by atoms with Gasteiger partial charge < -0.3 is 5.73 Å². The fourth-order valence-electron chi connectivity index (χ4n) is 2.12. The molecule has 2 N–H and O–H groups in total. The van der Waals surface area contributed by atoms with Crippen LogP contribution in [0.25, 0.3) is 22.3 Å². The summed E-state index contributed by atoms with van der Waals surface area (Å²) < 4.78 is 23.8. The van der Waals surface area contributed by atoms with Gasteiger partial charge in [-0.3, -0.25) is 9.97 Å². The highest BCUT2D eigenvalue weighted by molar-refractivity contribution is 7.90. The van der Waals surface area contributed by atoms with Crippen molar-refractivity contribution in [2.24, 2.45) is 0 Å². The zero-order valence-electron chi connectivity index (χ0n) is 11.5. The molecule has 0 fully saturated rings. The van der Waals surface area contributed by atoms with Crippen LogP contribution in [-0.4, -0.2) is 29.6 Å². The third-order valence-corrected chi connectivity index (χ3v) is 4.52. The summed E-state index contributed by atoms with van der Waals surface area (Å²) in [5.74, 6) is 0. The molecule has 0 saturated heterocycles. The third kappa shape index (κ3) is 2.60. The third-order valence-electron chi connectivity index (χ3n) is 3.08. The number of nitrogens with two attached hydrogens (primary N) is 1. The lowest BCUT2D eigenvalue weighted by molar-refractivity contribution is 0.602. The largest absolute Gasteiger partial charge is 0.399 e. The molecule has 0 aliphatic heterocycles. The summed E-state index contributed by atoms with van der Waals surface area (Å²) in [7, 11) is -3.41. The number of nitrogens with zero attached hydrogens (tertiary/aromatic N) is 3. The lowest BCUT2D eigenvalue weighted by atomic mass is 10.2. The number of aromatic nitrogens is 3. The molecule has 3 aromatic rings. The van der Waals surface area contributed by atoms with E-state index in [1.165, 1.54) is 24.7 Å². The Balaban J connectivity index is 2.29. The average Bonchev–Trinajstić information content (AvgIpc) is 2.46. The van der Waals surface area contributed by atoms with Gasteiger partial charge in [0.15, 0.2) is 9.84 Å². The predicted octanol–water partition coefficient (Wildman–Crippen LogP) is 2.33. The summed E-state index contributed by atoms with van der Waals surface area (Å²) in [5, 5.41) is 0.356. The van der Waals surface area contributed by atoms with Gasteiger partial charge in [0.05, 0.1) is 27.3 Å². The van der Waals surface area contributed by atoms with E-state index >= 15 is 0 Å². The summed E-state index contributed by atoms with van der Waals surface area (Å²) in [6, 6.07) is 4.66. The van der Waals surface area contributed by atoms with E-state index in [-0.39, 0.29) is 4.90 Å². The fourth-order valence-corrected chi connectivity index (χ4v) is 3.25. The van der Waals surface area contributed by atoms with Crippen LogP contribution < -0.4 is 5.73 Å². The lowest BCUT2D eigenvalue weighted by Crippen LogP contribution is -2.02. The molecular formula is C14H11ClN4O2S. The van der Waals surface area contributed by atoms with E-state index in [4.69, 9.17) is 17.3 Å². The van der Waals surface area contributed by atoms with Gasteiger partial charge in [0, 0.05) is 29.9 Å². The summed E-state index contributed by atoms with van der Waals surface area (Å²) in [6.07, 6.45) is 5.47. The Hall–Kier alpha value is -2.25. The molecular weight excluding hydrogens is 324 g/mol. The van der Waals surface area contributed by atoms with E-state index in [0.29, 0.717) is 33.0 Å². The van der Waals surface area contributed by atoms with Crippen LogP contribution in [0.15, 0.2) is 41.7 Å². The number of hydrogen-bond acceptors (Lipinski definition) is 6. The van der Waals surface area contributed by atoms with E-state index in [9.17, 15) is 8.42 Å². The van der Waals surface area contributed by atoms with Crippen molar-refractivity contribution >= 4 is 38.2 Å². The molecule has 0 radical (unpaired) electrons. The Morgan fingerprint density at radius 3 is 2.73 bits per heavy atom. The Labute approximate surface area is 131 Å². The SMILES string of the molecule is CS(=O)(=O)c1ccncc1-c1cnc2cc(N)cc(Cl)c2n1. The highest BCUT2D eigenvalue weighted by Gasteiger charge is 2.16. The minimum absolute atomic E-state index is 0.141. The Morgan fingerprint density at radius 2 is 2.00 bits per heavy atom. The first kappa shape index (κ1) is 14.7.